The largest absolute Gasteiger partial charge is 0.337 e. The van der Waals surface area contributed by atoms with Crippen LogP contribution in [0, 0.1) is 4.77 Å². The summed E-state index contributed by atoms with van der Waals surface area (Å²) in [5.41, 5.74) is 2.34. The Kier molecular flexibility index (Phi) is 3.76. The molecule has 0 spiro atoms. The van der Waals surface area contributed by atoms with E-state index in [4.69, 9.17) is 12.2 Å². The van der Waals surface area contributed by atoms with Crippen molar-refractivity contribution in [2.45, 2.75) is 6.54 Å². The van der Waals surface area contributed by atoms with Gasteiger partial charge in [-0.3, -0.25) is 0 Å². The van der Waals surface area contributed by atoms with E-state index in [0.29, 0.717) is 0 Å². The number of imidazole rings is 1. The highest BCUT2D eigenvalue weighted by Gasteiger charge is 2.06. The highest BCUT2D eigenvalue weighted by Crippen LogP contribution is 2.18. The zero-order valence-electron chi connectivity index (χ0n) is 10.2. The van der Waals surface area contributed by atoms with Crippen LogP contribution in [0.3, 0.4) is 0 Å². The maximum atomic E-state index is 5.31. The Morgan fingerprint density at radius 1 is 1.24 bits per heavy atom. The first-order valence-electron chi connectivity index (χ1n) is 5.67. The molecule has 1 aromatic carbocycles. The second-order valence-corrected chi connectivity index (χ2v) is 4.69. The lowest BCUT2D eigenvalue weighted by molar-refractivity contribution is 0.384. The number of likely N-dealkylation sites (N-methyl/N-ethyl adjacent to an activating group) is 1. The summed E-state index contributed by atoms with van der Waals surface area (Å²) in [5.74, 6) is 0. The van der Waals surface area contributed by atoms with E-state index in [2.05, 4.69) is 40.7 Å². The molecule has 4 heteroatoms. The fourth-order valence-corrected chi connectivity index (χ4v) is 2.01. The summed E-state index contributed by atoms with van der Waals surface area (Å²) in [6.45, 7) is 1.88. The van der Waals surface area contributed by atoms with E-state index in [9.17, 15) is 0 Å². The molecule has 0 saturated carbocycles. The van der Waals surface area contributed by atoms with Crippen molar-refractivity contribution in [1.29, 1.82) is 0 Å². The minimum absolute atomic E-state index is 0.783. The number of hydrogen-bond acceptors (Lipinski definition) is 2. The van der Waals surface area contributed by atoms with Crippen LogP contribution in [0.5, 0.6) is 0 Å². The van der Waals surface area contributed by atoms with Crippen molar-refractivity contribution in [3.8, 4) is 11.3 Å². The SMILES string of the molecule is CN(C)CCn1c(-c2ccccc2)c[nH]c1=S. The van der Waals surface area contributed by atoms with Gasteiger partial charge in [0.25, 0.3) is 0 Å². The predicted molar refractivity (Wildman–Crippen MR) is 73.6 cm³/mol. The molecule has 0 aliphatic heterocycles. The van der Waals surface area contributed by atoms with Gasteiger partial charge in [0.05, 0.1) is 5.69 Å². The molecule has 17 heavy (non-hydrogen) atoms. The Balaban J connectivity index is 2.33. The van der Waals surface area contributed by atoms with Crippen LogP contribution in [-0.4, -0.2) is 35.1 Å². The molecule has 2 rings (SSSR count). The summed E-state index contributed by atoms with van der Waals surface area (Å²) in [6.07, 6.45) is 1.98. The van der Waals surface area contributed by atoms with Crippen molar-refractivity contribution in [2.24, 2.45) is 0 Å². The first-order valence-corrected chi connectivity index (χ1v) is 6.07. The van der Waals surface area contributed by atoms with Gasteiger partial charge in [-0.05, 0) is 31.9 Å². The smallest absolute Gasteiger partial charge is 0.177 e. The first-order chi connectivity index (χ1) is 8.18. The van der Waals surface area contributed by atoms with Crippen molar-refractivity contribution in [3.05, 3.63) is 41.3 Å². The molecule has 0 radical (unpaired) electrons. The van der Waals surface area contributed by atoms with E-state index in [1.165, 1.54) is 5.56 Å². The van der Waals surface area contributed by atoms with E-state index in [0.717, 1.165) is 23.6 Å². The zero-order valence-corrected chi connectivity index (χ0v) is 11.0. The van der Waals surface area contributed by atoms with Crippen LogP contribution in [0.2, 0.25) is 0 Å². The Morgan fingerprint density at radius 3 is 2.59 bits per heavy atom. The molecular formula is C13H17N3S. The number of nitrogens with zero attached hydrogens (tertiary/aromatic N) is 2. The predicted octanol–water partition coefficient (Wildman–Crippen LogP) is 2.77. The lowest BCUT2D eigenvalue weighted by Gasteiger charge is -2.12. The van der Waals surface area contributed by atoms with Crippen molar-refractivity contribution < 1.29 is 0 Å². The number of aromatic nitrogens is 2. The quantitative estimate of drug-likeness (QED) is 0.840. The molecule has 0 aliphatic carbocycles. The van der Waals surface area contributed by atoms with Crippen molar-refractivity contribution in [1.82, 2.24) is 14.5 Å². The van der Waals surface area contributed by atoms with Crippen LogP contribution >= 0.6 is 12.2 Å². The lowest BCUT2D eigenvalue weighted by atomic mass is 10.2. The molecular weight excluding hydrogens is 230 g/mol. The number of aromatic amines is 1. The highest BCUT2D eigenvalue weighted by atomic mass is 32.1. The topological polar surface area (TPSA) is 24.0 Å². The van der Waals surface area contributed by atoms with Gasteiger partial charge >= 0.3 is 0 Å². The summed E-state index contributed by atoms with van der Waals surface area (Å²) in [7, 11) is 4.14. The van der Waals surface area contributed by atoms with Crippen molar-refractivity contribution >= 4 is 12.2 Å². The molecule has 3 nitrogen and oxygen atoms in total. The highest BCUT2D eigenvalue weighted by molar-refractivity contribution is 7.71. The van der Waals surface area contributed by atoms with Crippen LogP contribution in [0.25, 0.3) is 11.3 Å². The maximum absolute atomic E-state index is 5.31. The van der Waals surface area contributed by atoms with Gasteiger partial charge in [0.1, 0.15) is 0 Å². The molecule has 1 N–H and O–H groups in total. The second kappa shape index (κ2) is 5.29. The van der Waals surface area contributed by atoms with Crippen LogP contribution < -0.4 is 0 Å². The molecule has 0 unspecified atom stereocenters. The molecule has 1 heterocycles. The van der Waals surface area contributed by atoms with Crippen LogP contribution in [0.1, 0.15) is 0 Å². The Labute approximate surface area is 107 Å². The maximum Gasteiger partial charge on any atom is 0.177 e. The molecule has 90 valence electrons. The van der Waals surface area contributed by atoms with E-state index in [1.54, 1.807) is 0 Å². The van der Waals surface area contributed by atoms with Gasteiger partial charge in [0.15, 0.2) is 4.77 Å². The number of nitrogens with one attached hydrogen (secondary N) is 1. The van der Waals surface area contributed by atoms with E-state index in [1.807, 2.05) is 24.4 Å². The van der Waals surface area contributed by atoms with Gasteiger partial charge < -0.3 is 14.5 Å². The number of benzene rings is 1. The molecule has 0 amide bonds. The van der Waals surface area contributed by atoms with Crippen LogP contribution in [0.15, 0.2) is 36.5 Å². The third-order valence-electron chi connectivity index (χ3n) is 2.71. The molecule has 0 saturated heterocycles. The summed E-state index contributed by atoms with van der Waals surface area (Å²) in [6, 6.07) is 10.3. The summed E-state index contributed by atoms with van der Waals surface area (Å²) < 4.78 is 2.93. The number of hydrogen-bond donors (Lipinski definition) is 1. The molecule has 2 aromatic rings. The molecule has 0 aliphatic rings. The fraction of sp³-hybridized carbons (Fsp3) is 0.308. The minimum Gasteiger partial charge on any atom is -0.337 e. The van der Waals surface area contributed by atoms with Gasteiger partial charge in [0.2, 0.25) is 0 Å². The summed E-state index contributed by atoms with van der Waals surface area (Å²) >= 11 is 5.31. The van der Waals surface area contributed by atoms with Gasteiger partial charge in [-0.2, -0.15) is 0 Å². The Bertz CT molecular complexity index is 525. The lowest BCUT2D eigenvalue weighted by Crippen LogP contribution is -2.18. The standard InChI is InChI=1S/C13H17N3S/c1-15(2)8-9-16-12(10-14-13(16)17)11-6-4-3-5-7-11/h3-7,10H,8-9H2,1-2H3,(H,14,17). The van der Waals surface area contributed by atoms with Crippen molar-refractivity contribution in [2.75, 3.05) is 20.6 Å². The second-order valence-electron chi connectivity index (χ2n) is 4.30. The van der Waals surface area contributed by atoms with Gasteiger partial charge in [-0.15, -0.1) is 0 Å². The summed E-state index contributed by atoms with van der Waals surface area (Å²) in [5, 5.41) is 0. The number of rotatable bonds is 4. The molecule has 0 atom stereocenters. The molecule has 1 aromatic heterocycles. The molecule has 0 fully saturated rings. The zero-order chi connectivity index (χ0) is 12.3. The third kappa shape index (κ3) is 2.84. The number of H-pyrrole nitrogens is 1. The minimum atomic E-state index is 0.783. The fourth-order valence-electron chi connectivity index (χ4n) is 1.77. The summed E-state index contributed by atoms with van der Waals surface area (Å²) in [4.78, 5) is 5.28. The van der Waals surface area contributed by atoms with Crippen LogP contribution in [0.4, 0.5) is 0 Å². The Hall–Kier alpha value is -1.39. The monoisotopic (exact) mass is 247 g/mol. The molecule has 0 bridgehead atoms. The third-order valence-corrected chi connectivity index (χ3v) is 3.05. The van der Waals surface area contributed by atoms with E-state index in [-0.39, 0.29) is 0 Å². The van der Waals surface area contributed by atoms with Crippen LogP contribution in [-0.2, 0) is 6.54 Å². The van der Waals surface area contributed by atoms with Gasteiger partial charge in [0, 0.05) is 19.3 Å². The average molecular weight is 247 g/mol. The first kappa shape index (κ1) is 12.1. The Morgan fingerprint density at radius 2 is 1.94 bits per heavy atom. The van der Waals surface area contributed by atoms with E-state index < -0.39 is 0 Å². The van der Waals surface area contributed by atoms with Gasteiger partial charge in [-0.25, -0.2) is 0 Å². The van der Waals surface area contributed by atoms with Crippen molar-refractivity contribution in [3.63, 3.8) is 0 Å². The normalized spacial score (nSPS) is 11.0. The average Bonchev–Trinajstić information content (AvgIpc) is 2.69. The van der Waals surface area contributed by atoms with E-state index >= 15 is 0 Å². The van der Waals surface area contributed by atoms with Gasteiger partial charge in [-0.1, -0.05) is 30.3 Å².